The zero-order chi connectivity index (χ0) is 11.1. The normalized spacial score (nSPS) is 20.9. The second kappa shape index (κ2) is 8.56. The Morgan fingerprint density at radius 3 is 3.06 bits per heavy atom. The molecule has 0 saturated carbocycles. The fourth-order valence-corrected chi connectivity index (χ4v) is 1.50. The summed E-state index contributed by atoms with van der Waals surface area (Å²) in [6.45, 7) is 7.78. The number of carbonyl (C=O) groups excluding carboxylic acids is 1. The molecule has 0 aromatic heterocycles. The second-order valence-corrected chi connectivity index (χ2v) is 3.79. The molecule has 5 heteroatoms. The summed E-state index contributed by atoms with van der Waals surface area (Å²) in [6, 6.07) is 0.267. The van der Waals surface area contributed by atoms with Crippen molar-refractivity contribution in [3.8, 4) is 0 Å². The molecule has 1 heterocycles. The molecule has 0 spiro atoms. The van der Waals surface area contributed by atoms with Crippen LogP contribution in [0.3, 0.4) is 0 Å². The Bertz CT molecular complexity index is 218. The van der Waals surface area contributed by atoms with Crippen molar-refractivity contribution in [1.82, 2.24) is 10.6 Å². The van der Waals surface area contributed by atoms with Gasteiger partial charge in [0.25, 0.3) is 0 Å². The van der Waals surface area contributed by atoms with Crippen LogP contribution in [0.15, 0.2) is 12.7 Å². The summed E-state index contributed by atoms with van der Waals surface area (Å²) in [5, 5.41) is 6.15. The largest absolute Gasteiger partial charge is 0.368 e. The molecule has 2 unspecified atom stereocenters. The number of hydrogen-bond acceptors (Lipinski definition) is 3. The van der Waals surface area contributed by atoms with Crippen molar-refractivity contribution >= 4 is 18.3 Å². The van der Waals surface area contributed by atoms with Gasteiger partial charge in [-0.2, -0.15) is 0 Å². The molecule has 94 valence electrons. The number of halogens is 1. The maximum atomic E-state index is 11.6. The number of hydrogen-bond donors (Lipinski definition) is 2. The van der Waals surface area contributed by atoms with E-state index in [4.69, 9.17) is 4.74 Å². The molecule has 1 aliphatic heterocycles. The van der Waals surface area contributed by atoms with E-state index >= 15 is 0 Å². The number of ether oxygens (including phenoxy) is 1. The molecular formula is C11H21ClN2O2. The van der Waals surface area contributed by atoms with Crippen molar-refractivity contribution in [2.45, 2.75) is 31.9 Å². The van der Waals surface area contributed by atoms with Crippen molar-refractivity contribution in [3.63, 3.8) is 0 Å². The molecule has 0 radical (unpaired) electrons. The van der Waals surface area contributed by atoms with Gasteiger partial charge in [-0.1, -0.05) is 6.08 Å². The molecule has 4 nitrogen and oxygen atoms in total. The summed E-state index contributed by atoms with van der Waals surface area (Å²) in [5.41, 5.74) is 0. The molecule has 2 atom stereocenters. The quantitative estimate of drug-likeness (QED) is 0.542. The van der Waals surface area contributed by atoms with E-state index in [1.807, 2.05) is 0 Å². The molecule has 1 rings (SSSR count). The van der Waals surface area contributed by atoms with Crippen LogP contribution in [0, 0.1) is 0 Å². The highest BCUT2D eigenvalue weighted by molar-refractivity contribution is 5.85. The van der Waals surface area contributed by atoms with Crippen LogP contribution >= 0.6 is 12.4 Å². The van der Waals surface area contributed by atoms with Gasteiger partial charge in [-0.3, -0.25) is 4.79 Å². The van der Waals surface area contributed by atoms with Crippen LogP contribution in [0.2, 0.25) is 0 Å². The molecule has 16 heavy (non-hydrogen) atoms. The first-order valence-electron chi connectivity index (χ1n) is 5.47. The highest BCUT2D eigenvalue weighted by Crippen LogP contribution is 1.99. The van der Waals surface area contributed by atoms with Gasteiger partial charge in [0.1, 0.15) is 6.10 Å². The van der Waals surface area contributed by atoms with Crippen molar-refractivity contribution in [3.05, 3.63) is 12.7 Å². The van der Waals surface area contributed by atoms with Crippen molar-refractivity contribution in [1.29, 1.82) is 0 Å². The van der Waals surface area contributed by atoms with Gasteiger partial charge in [-0.25, -0.2) is 0 Å². The van der Waals surface area contributed by atoms with E-state index in [0.29, 0.717) is 6.61 Å². The summed E-state index contributed by atoms with van der Waals surface area (Å²) in [4.78, 5) is 11.6. The third-order valence-corrected chi connectivity index (χ3v) is 2.47. The third kappa shape index (κ3) is 5.49. The predicted octanol–water partition coefficient (Wildman–Crippen LogP) is 0.867. The van der Waals surface area contributed by atoms with E-state index in [1.165, 1.54) is 0 Å². The number of carbonyl (C=O) groups is 1. The van der Waals surface area contributed by atoms with E-state index in [2.05, 4.69) is 17.2 Å². The number of amides is 1. The topological polar surface area (TPSA) is 50.4 Å². The first-order chi connectivity index (χ1) is 7.24. The van der Waals surface area contributed by atoms with E-state index in [9.17, 15) is 4.79 Å². The molecule has 1 saturated heterocycles. The highest BCUT2D eigenvalue weighted by atomic mass is 35.5. The number of rotatable bonds is 6. The maximum absolute atomic E-state index is 11.6. The van der Waals surface area contributed by atoms with Gasteiger partial charge in [0.15, 0.2) is 0 Å². The van der Waals surface area contributed by atoms with Crippen LogP contribution in [-0.2, 0) is 9.53 Å². The van der Waals surface area contributed by atoms with Crippen LogP contribution < -0.4 is 10.6 Å². The van der Waals surface area contributed by atoms with Gasteiger partial charge in [0, 0.05) is 12.6 Å². The lowest BCUT2D eigenvalue weighted by atomic mass is 10.2. The Morgan fingerprint density at radius 1 is 1.75 bits per heavy atom. The number of nitrogens with one attached hydrogen (secondary N) is 2. The Labute approximate surface area is 103 Å². The summed E-state index contributed by atoms with van der Waals surface area (Å²) < 4.78 is 5.35. The van der Waals surface area contributed by atoms with Crippen LogP contribution in [0.25, 0.3) is 0 Å². The molecule has 1 fully saturated rings. The van der Waals surface area contributed by atoms with E-state index < -0.39 is 0 Å². The summed E-state index contributed by atoms with van der Waals surface area (Å²) in [6.07, 6.45) is 3.20. The van der Waals surface area contributed by atoms with E-state index in [-0.39, 0.29) is 30.5 Å². The average molecular weight is 249 g/mol. The summed E-state index contributed by atoms with van der Waals surface area (Å²) in [7, 11) is 0. The first-order valence-corrected chi connectivity index (χ1v) is 5.47. The standard InChI is InChI=1S/C11H20N2O2.ClH/c1-3-4-7-15-9(2)11(14)13-10-5-6-12-8-10;/h3,9-10,12H,1,4-8H2,2H3,(H,13,14);1H. The Hall–Kier alpha value is -0.580. The molecule has 1 amide bonds. The lowest BCUT2D eigenvalue weighted by Crippen LogP contribution is -2.42. The first kappa shape index (κ1) is 15.4. The van der Waals surface area contributed by atoms with Crippen LogP contribution in [0.5, 0.6) is 0 Å². The van der Waals surface area contributed by atoms with E-state index in [0.717, 1.165) is 25.9 Å². The molecule has 1 aliphatic rings. The van der Waals surface area contributed by atoms with Crippen LogP contribution in [0.1, 0.15) is 19.8 Å². The van der Waals surface area contributed by atoms with Crippen molar-refractivity contribution in [2.75, 3.05) is 19.7 Å². The van der Waals surface area contributed by atoms with Gasteiger partial charge in [0.05, 0.1) is 6.61 Å². The smallest absolute Gasteiger partial charge is 0.249 e. The monoisotopic (exact) mass is 248 g/mol. The van der Waals surface area contributed by atoms with Gasteiger partial charge in [0.2, 0.25) is 5.91 Å². The lowest BCUT2D eigenvalue weighted by molar-refractivity contribution is -0.132. The fourth-order valence-electron chi connectivity index (χ4n) is 1.50. The minimum absolute atomic E-state index is 0. The van der Waals surface area contributed by atoms with Gasteiger partial charge < -0.3 is 15.4 Å². The molecule has 0 aliphatic carbocycles. The fraction of sp³-hybridized carbons (Fsp3) is 0.727. The molecule has 0 aromatic carbocycles. The zero-order valence-electron chi connectivity index (χ0n) is 9.70. The summed E-state index contributed by atoms with van der Waals surface area (Å²) >= 11 is 0. The van der Waals surface area contributed by atoms with Gasteiger partial charge >= 0.3 is 0 Å². The predicted molar refractivity (Wildman–Crippen MR) is 66.9 cm³/mol. The third-order valence-electron chi connectivity index (χ3n) is 2.47. The Morgan fingerprint density at radius 2 is 2.50 bits per heavy atom. The minimum atomic E-state index is -0.370. The maximum Gasteiger partial charge on any atom is 0.249 e. The molecule has 2 N–H and O–H groups in total. The van der Waals surface area contributed by atoms with Crippen molar-refractivity contribution in [2.24, 2.45) is 0 Å². The molecular weight excluding hydrogens is 228 g/mol. The zero-order valence-corrected chi connectivity index (χ0v) is 10.5. The minimum Gasteiger partial charge on any atom is -0.368 e. The Balaban J connectivity index is 0.00000225. The van der Waals surface area contributed by atoms with Gasteiger partial charge in [-0.05, 0) is 26.3 Å². The van der Waals surface area contributed by atoms with Crippen molar-refractivity contribution < 1.29 is 9.53 Å². The Kier molecular flexibility index (Phi) is 8.25. The average Bonchev–Trinajstić information content (AvgIpc) is 2.70. The second-order valence-electron chi connectivity index (χ2n) is 3.79. The SMILES string of the molecule is C=CCCOC(C)C(=O)NC1CCNC1.Cl. The molecule has 0 bridgehead atoms. The van der Waals surface area contributed by atoms with Crippen LogP contribution in [0.4, 0.5) is 0 Å². The highest BCUT2D eigenvalue weighted by Gasteiger charge is 2.20. The van der Waals surface area contributed by atoms with Crippen LogP contribution in [-0.4, -0.2) is 37.7 Å². The van der Waals surface area contributed by atoms with Gasteiger partial charge in [-0.15, -0.1) is 19.0 Å². The van der Waals surface area contributed by atoms with E-state index in [1.54, 1.807) is 13.0 Å². The lowest BCUT2D eigenvalue weighted by Gasteiger charge is -2.16. The summed E-state index contributed by atoms with van der Waals surface area (Å²) in [5.74, 6) is -0.0206. The molecule has 0 aromatic rings.